The Hall–Kier alpha value is -3.34. The minimum atomic E-state index is -0.537. The summed E-state index contributed by atoms with van der Waals surface area (Å²) in [4.78, 5) is 13.7. The molecular weight excluding hydrogens is 318 g/mol. The van der Waals surface area contributed by atoms with Gasteiger partial charge in [0.25, 0.3) is 5.91 Å². The highest BCUT2D eigenvalue weighted by Crippen LogP contribution is 2.17. The normalized spacial score (nSPS) is 10.2. The monoisotopic (exact) mass is 337 g/mol. The number of carbonyl (C=O) groups is 1. The minimum Gasteiger partial charge on any atom is -0.395 e. The van der Waals surface area contributed by atoms with Gasteiger partial charge in [-0.05, 0) is 23.8 Å². The van der Waals surface area contributed by atoms with E-state index in [9.17, 15) is 4.79 Å². The maximum absolute atomic E-state index is 11.8. The molecule has 0 bridgehead atoms. The van der Waals surface area contributed by atoms with E-state index in [1.807, 2.05) is 23.1 Å². The van der Waals surface area contributed by atoms with Gasteiger partial charge in [-0.2, -0.15) is 15.8 Å². The van der Waals surface area contributed by atoms with E-state index in [1.54, 1.807) is 12.1 Å². The van der Waals surface area contributed by atoms with Crippen LogP contribution >= 0.6 is 0 Å². The molecule has 2 N–H and O–H groups in total. The van der Waals surface area contributed by atoms with Gasteiger partial charge < -0.3 is 15.3 Å². The van der Waals surface area contributed by atoms with Crippen LogP contribution in [-0.2, 0) is 4.79 Å². The second-order valence-electron chi connectivity index (χ2n) is 5.04. The van der Waals surface area contributed by atoms with Crippen molar-refractivity contribution in [2.24, 2.45) is 0 Å². The molecule has 7 nitrogen and oxygen atoms in total. The quantitative estimate of drug-likeness (QED) is 0.517. The van der Waals surface area contributed by atoms with E-state index in [0.717, 1.165) is 5.69 Å². The van der Waals surface area contributed by atoms with Gasteiger partial charge in [-0.15, -0.1) is 0 Å². The van der Waals surface area contributed by atoms with Crippen LogP contribution in [0.1, 0.15) is 18.4 Å². The lowest BCUT2D eigenvalue weighted by Gasteiger charge is -2.22. The largest absolute Gasteiger partial charge is 0.395 e. The molecule has 0 aromatic heterocycles. The maximum Gasteiger partial charge on any atom is 0.262 e. The minimum absolute atomic E-state index is 0.0491. The number of benzene rings is 1. The molecule has 0 fully saturated rings. The first kappa shape index (κ1) is 19.7. The standard InChI is InChI=1S/C18H19N5O2/c19-7-1-10-23(11-2-8-20)17-5-3-15(4-6-17)13-16(14-21)18(25)22-9-12-24/h3-6,13,24H,1-2,9-12H2,(H,22,25). The van der Waals surface area contributed by atoms with Crippen LogP contribution < -0.4 is 10.2 Å². The van der Waals surface area contributed by atoms with E-state index in [1.165, 1.54) is 6.08 Å². The highest BCUT2D eigenvalue weighted by molar-refractivity contribution is 6.01. The number of nitrogens with one attached hydrogen (secondary N) is 1. The van der Waals surface area contributed by atoms with Crippen molar-refractivity contribution >= 4 is 17.7 Å². The van der Waals surface area contributed by atoms with Crippen LogP contribution in [0.5, 0.6) is 0 Å². The predicted octanol–water partition coefficient (Wildman–Crippen LogP) is 1.34. The van der Waals surface area contributed by atoms with E-state index >= 15 is 0 Å². The SMILES string of the molecule is N#CCCN(CCC#N)c1ccc(C=C(C#N)C(=O)NCCO)cc1. The van der Waals surface area contributed by atoms with Gasteiger partial charge in [-0.25, -0.2) is 0 Å². The zero-order valence-electron chi connectivity index (χ0n) is 13.8. The van der Waals surface area contributed by atoms with Gasteiger partial charge >= 0.3 is 0 Å². The first-order valence-electron chi connectivity index (χ1n) is 7.76. The molecule has 1 aromatic carbocycles. The molecule has 0 aliphatic heterocycles. The number of carbonyl (C=O) groups excluding carboxylic acids is 1. The van der Waals surface area contributed by atoms with Crippen LogP contribution in [0, 0.1) is 34.0 Å². The highest BCUT2D eigenvalue weighted by atomic mass is 16.3. The fraction of sp³-hybridized carbons (Fsp3) is 0.333. The zero-order chi connectivity index (χ0) is 18.5. The lowest BCUT2D eigenvalue weighted by Crippen LogP contribution is -2.27. The van der Waals surface area contributed by atoms with Crippen molar-refractivity contribution in [2.45, 2.75) is 12.8 Å². The summed E-state index contributed by atoms with van der Waals surface area (Å²) < 4.78 is 0. The second-order valence-corrected chi connectivity index (χ2v) is 5.04. The highest BCUT2D eigenvalue weighted by Gasteiger charge is 2.09. The van der Waals surface area contributed by atoms with E-state index in [0.29, 0.717) is 31.5 Å². The average Bonchev–Trinajstić information content (AvgIpc) is 2.65. The van der Waals surface area contributed by atoms with Gasteiger partial charge in [0.1, 0.15) is 11.6 Å². The smallest absolute Gasteiger partial charge is 0.262 e. The molecule has 0 spiro atoms. The fourth-order valence-corrected chi connectivity index (χ4v) is 2.10. The Morgan fingerprint density at radius 2 is 1.72 bits per heavy atom. The molecule has 0 aliphatic rings. The maximum atomic E-state index is 11.8. The van der Waals surface area contributed by atoms with Crippen LogP contribution in [-0.4, -0.2) is 37.3 Å². The van der Waals surface area contributed by atoms with Gasteiger partial charge in [0.15, 0.2) is 0 Å². The molecule has 1 amide bonds. The van der Waals surface area contributed by atoms with E-state index in [-0.39, 0.29) is 18.7 Å². The van der Waals surface area contributed by atoms with Crippen molar-refractivity contribution in [1.82, 2.24) is 5.32 Å². The summed E-state index contributed by atoms with van der Waals surface area (Å²) in [5, 5.41) is 37.7. The Balaban J connectivity index is 2.90. The Kier molecular flexibility index (Phi) is 8.86. The number of aliphatic hydroxyl groups is 1. The second kappa shape index (κ2) is 11.2. The molecule has 0 heterocycles. The topological polar surface area (TPSA) is 124 Å². The van der Waals surface area contributed by atoms with Crippen molar-refractivity contribution in [1.29, 1.82) is 15.8 Å². The number of aliphatic hydroxyl groups excluding tert-OH is 1. The summed E-state index contributed by atoms with van der Waals surface area (Å²) in [6.45, 7) is 0.949. The molecule has 25 heavy (non-hydrogen) atoms. The lowest BCUT2D eigenvalue weighted by atomic mass is 10.1. The Bertz CT molecular complexity index is 702. The first-order chi connectivity index (χ1) is 12.2. The third-order valence-electron chi connectivity index (χ3n) is 3.32. The molecule has 7 heteroatoms. The number of nitriles is 3. The summed E-state index contributed by atoms with van der Waals surface area (Å²) in [6.07, 6.45) is 2.18. The molecule has 1 aromatic rings. The number of hydrogen-bond donors (Lipinski definition) is 2. The van der Waals surface area contributed by atoms with Gasteiger partial charge in [0.05, 0.1) is 31.6 Å². The van der Waals surface area contributed by atoms with Crippen molar-refractivity contribution < 1.29 is 9.90 Å². The van der Waals surface area contributed by atoms with E-state index in [4.69, 9.17) is 20.9 Å². The van der Waals surface area contributed by atoms with Crippen molar-refractivity contribution in [3.63, 3.8) is 0 Å². The first-order valence-corrected chi connectivity index (χ1v) is 7.76. The molecule has 0 unspecified atom stereocenters. The Morgan fingerprint density at radius 3 is 2.20 bits per heavy atom. The molecular formula is C18H19N5O2. The molecule has 0 saturated heterocycles. The van der Waals surface area contributed by atoms with Crippen molar-refractivity contribution in [3.05, 3.63) is 35.4 Å². The van der Waals surface area contributed by atoms with Crippen LogP contribution in [0.3, 0.4) is 0 Å². The van der Waals surface area contributed by atoms with Gasteiger partial charge in [0, 0.05) is 25.3 Å². The third-order valence-corrected chi connectivity index (χ3v) is 3.32. The molecule has 0 saturated carbocycles. The van der Waals surface area contributed by atoms with E-state index in [2.05, 4.69) is 17.5 Å². The van der Waals surface area contributed by atoms with Gasteiger partial charge in [0.2, 0.25) is 0 Å². The average molecular weight is 337 g/mol. The van der Waals surface area contributed by atoms with Crippen LogP contribution in [0.25, 0.3) is 6.08 Å². The Morgan fingerprint density at radius 1 is 1.12 bits per heavy atom. The lowest BCUT2D eigenvalue weighted by molar-refractivity contribution is -0.117. The summed E-state index contributed by atoms with van der Waals surface area (Å²) >= 11 is 0. The van der Waals surface area contributed by atoms with Crippen molar-refractivity contribution in [3.8, 4) is 18.2 Å². The molecule has 0 atom stereocenters. The predicted molar refractivity (Wildman–Crippen MR) is 92.8 cm³/mol. The fourth-order valence-electron chi connectivity index (χ4n) is 2.10. The number of hydrogen-bond acceptors (Lipinski definition) is 6. The van der Waals surface area contributed by atoms with Crippen molar-refractivity contribution in [2.75, 3.05) is 31.1 Å². The molecule has 128 valence electrons. The van der Waals surface area contributed by atoms with Crippen LogP contribution in [0.2, 0.25) is 0 Å². The summed E-state index contributed by atoms with van der Waals surface area (Å²) in [7, 11) is 0. The number of anilines is 1. The number of rotatable bonds is 9. The van der Waals surface area contributed by atoms with Gasteiger partial charge in [-0.1, -0.05) is 12.1 Å². The molecule has 1 rings (SSSR count). The zero-order valence-corrected chi connectivity index (χ0v) is 13.8. The third kappa shape index (κ3) is 6.74. The summed E-state index contributed by atoms with van der Waals surface area (Å²) in [6, 6.07) is 13.2. The molecule has 0 radical (unpaired) electrons. The van der Waals surface area contributed by atoms with Crippen LogP contribution in [0.15, 0.2) is 29.8 Å². The van der Waals surface area contributed by atoms with E-state index < -0.39 is 5.91 Å². The summed E-state index contributed by atoms with van der Waals surface area (Å²) in [5.41, 5.74) is 1.50. The Labute approximate surface area is 147 Å². The summed E-state index contributed by atoms with van der Waals surface area (Å²) in [5.74, 6) is -0.537. The molecule has 0 aliphatic carbocycles. The number of nitrogens with zero attached hydrogens (tertiary/aromatic N) is 4. The van der Waals surface area contributed by atoms with Gasteiger partial charge in [-0.3, -0.25) is 4.79 Å². The number of amides is 1. The van der Waals surface area contributed by atoms with Crippen LogP contribution in [0.4, 0.5) is 5.69 Å².